The molecule has 0 amide bonds. The van der Waals surface area contributed by atoms with Gasteiger partial charge in [-0.15, -0.1) is 0 Å². The molecular formula is C13H15NO. The van der Waals surface area contributed by atoms with Crippen molar-refractivity contribution in [2.75, 3.05) is 5.73 Å². The molecule has 0 spiro atoms. The van der Waals surface area contributed by atoms with Crippen LogP contribution in [0.4, 0.5) is 5.69 Å². The normalized spacial score (nSPS) is 10.6. The minimum atomic E-state index is 0.796. The van der Waals surface area contributed by atoms with Gasteiger partial charge in [0.1, 0.15) is 11.5 Å². The Balaban J connectivity index is 2.62. The second kappa shape index (κ2) is 3.46. The van der Waals surface area contributed by atoms with Crippen LogP contribution in [0.5, 0.6) is 0 Å². The predicted molar refractivity (Wildman–Crippen MR) is 62.8 cm³/mol. The Bertz CT molecular complexity index is 497. The van der Waals surface area contributed by atoms with Crippen molar-refractivity contribution >= 4 is 5.69 Å². The lowest BCUT2D eigenvalue weighted by Crippen LogP contribution is -1.90. The van der Waals surface area contributed by atoms with Crippen LogP contribution in [-0.2, 0) is 0 Å². The Kier molecular flexibility index (Phi) is 2.27. The summed E-state index contributed by atoms with van der Waals surface area (Å²) in [6.07, 6.45) is 0. The Morgan fingerprint density at radius 1 is 1.00 bits per heavy atom. The summed E-state index contributed by atoms with van der Waals surface area (Å²) in [5.74, 6) is 1.84. The molecule has 0 fully saturated rings. The van der Waals surface area contributed by atoms with Crippen molar-refractivity contribution in [2.24, 2.45) is 0 Å². The van der Waals surface area contributed by atoms with Gasteiger partial charge in [0.05, 0.1) is 0 Å². The molecule has 0 aliphatic rings. The third-order valence-electron chi connectivity index (χ3n) is 2.54. The van der Waals surface area contributed by atoms with Crippen LogP contribution in [0.3, 0.4) is 0 Å². The zero-order valence-electron chi connectivity index (χ0n) is 9.29. The molecule has 78 valence electrons. The summed E-state index contributed by atoms with van der Waals surface area (Å²) in [5.41, 5.74) is 10.1. The first kappa shape index (κ1) is 9.84. The van der Waals surface area contributed by atoms with E-state index in [1.165, 1.54) is 5.56 Å². The molecule has 0 radical (unpaired) electrons. The molecule has 0 unspecified atom stereocenters. The lowest BCUT2D eigenvalue weighted by molar-refractivity contribution is 0.505. The van der Waals surface area contributed by atoms with Crippen molar-refractivity contribution in [1.29, 1.82) is 0 Å². The van der Waals surface area contributed by atoms with Gasteiger partial charge in [0.25, 0.3) is 0 Å². The van der Waals surface area contributed by atoms with Gasteiger partial charge in [0.2, 0.25) is 0 Å². The predicted octanol–water partition coefficient (Wildman–Crippen LogP) is 3.45. The molecule has 1 aromatic heterocycles. The molecular weight excluding hydrogens is 186 g/mol. The molecule has 0 aliphatic heterocycles. The molecule has 2 heteroatoms. The highest BCUT2D eigenvalue weighted by molar-refractivity contribution is 5.78. The van der Waals surface area contributed by atoms with Gasteiger partial charge in [-0.05, 0) is 39.0 Å². The van der Waals surface area contributed by atoms with E-state index in [0.29, 0.717) is 0 Å². The molecule has 15 heavy (non-hydrogen) atoms. The molecule has 0 saturated heterocycles. The minimum Gasteiger partial charge on any atom is -0.466 e. The zero-order valence-corrected chi connectivity index (χ0v) is 9.29. The summed E-state index contributed by atoms with van der Waals surface area (Å²) in [7, 11) is 0. The quantitative estimate of drug-likeness (QED) is 0.718. The number of hydrogen-bond acceptors (Lipinski definition) is 2. The van der Waals surface area contributed by atoms with Gasteiger partial charge in [0.15, 0.2) is 0 Å². The summed E-state index contributed by atoms with van der Waals surface area (Å²) < 4.78 is 5.51. The molecule has 0 bridgehead atoms. The van der Waals surface area contributed by atoms with Crippen LogP contribution in [0.2, 0.25) is 0 Å². The number of furan rings is 1. The highest BCUT2D eigenvalue weighted by Gasteiger charge is 2.09. The lowest BCUT2D eigenvalue weighted by atomic mass is 10.0. The Morgan fingerprint density at radius 3 is 2.33 bits per heavy atom. The maximum atomic E-state index is 5.96. The topological polar surface area (TPSA) is 39.2 Å². The monoisotopic (exact) mass is 201 g/mol. The smallest absolute Gasteiger partial charge is 0.108 e. The van der Waals surface area contributed by atoms with Gasteiger partial charge in [-0.1, -0.05) is 11.6 Å². The molecule has 2 N–H and O–H groups in total. The minimum absolute atomic E-state index is 0.796. The van der Waals surface area contributed by atoms with Crippen molar-refractivity contribution < 1.29 is 4.42 Å². The lowest BCUT2D eigenvalue weighted by Gasteiger charge is -2.05. The van der Waals surface area contributed by atoms with Gasteiger partial charge in [0, 0.05) is 16.8 Å². The van der Waals surface area contributed by atoms with Crippen LogP contribution in [0.25, 0.3) is 11.1 Å². The van der Waals surface area contributed by atoms with Gasteiger partial charge >= 0.3 is 0 Å². The maximum absolute atomic E-state index is 5.96. The molecule has 2 rings (SSSR count). The fourth-order valence-electron chi connectivity index (χ4n) is 1.80. The number of benzene rings is 1. The fraction of sp³-hybridized carbons (Fsp3) is 0.231. The number of rotatable bonds is 1. The van der Waals surface area contributed by atoms with E-state index < -0.39 is 0 Å². The Morgan fingerprint density at radius 2 is 1.73 bits per heavy atom. The van der Waals surface area contributed by atoms with Crippen molar-refractivity contribution in [1.82, 2.24) is 0 Å². The second-order valence-electron chi connectivity index (χ2n) is 3.92. The Hall–Kier alpha value is -1.70. The third-order valence-corrected chi connectivity index (χ3v) is 2.54. The van der Waals surface area contributed by atoms with Crippen molar-refractivity contribution in [3.8, 4) is 11.1 Å². The summed E-state index contributed by atoms with van der Waals surface area (Å²) in [6.45, 7) is 5.97. The molecule has 1 aromatic carbocycles. The van der Waals surface area contributed by atoms with E-state index in [1.807, 2.05) is 32.0 Å². The standard InChI is InChI=1S/C13H15NO/c1-8-4-5-13(14)12(6-8)11-7-9(2)15-10(11)3/h4-7H,14H2,1-3H3. The first-order valence-electron chi connectivity index (χ1n) is 5.01. The summed E-state index contributed by atoms with van der Waals surface area (Å²) in [4.78, 5) is 0. The maximum Gasteiger partial charge on any atom is 0.108 e. The van der Waals surface area contributed by atoms with Gasteiger partial charge in [-0.3, -0.25) is 0 Å². The number of nitrogen functional groups attached to an aromatic ring is 1. The first-order chi connectivity index (χ1) is 7.08. The van der Waals surface area contributed by atoms with Crippen LogP contribution in [-0.4, -0.2) is 0 Å². The highest BCUT2D eigenvalue weighted by atomic mass is 16.3. The van der Waals surface area contributed by atoms with Crippen LogP contribution < -0.4 is 5.73 Å². The molecule has 1 heterocycles. The SMILES string of the molecule is Cc1ccc(N)c(-c2cc(C)oc2C)c1. The first-order valence-corrected chi connectivity index (χ1v) is 5.01. The van der Waals surface area contributed by atoms with E-state index in [-0.39, 0.29) is 0 Å². The van der Waals surface area contributed by atoms with E-state index in [9.17, 15) is 0 Å². The van der Waals surface area contributed by atoms with E-state index in [4.69, 9.17) is 10.2 Å². The fourth-order valence-corrected chi connectivity index (χ4v) is 1.80. The molecule has 2 nitrogen and oxygen atoms in total. The summed E-state index contributed by atoms with van der Waals surface area (Å²) >= 11 is 0. The van der Waals surface area contributed by atoms with E-state index >= 15 is 0 Å². The number of hydrogen-bond donors (Lipinski definition) is 1. The highest BCUT2D eigenvalue weighted by Crippen LogP contribution is 2.31. The van der Waals surface area contributed by atoms with Gasteiger partial charge in [-0.25, -0.2) is 0 Å². The van der Waals surface area contributed by atoms with E-state index in [2.05, 4.69) is 13.0 Å². The summed E-state index contributed by atoms with van der Waals surface area (Å²) in [5, 5.41) is 0. The van der Waals surface area contributed by atoms with Crippen molar-refractivity contribution in [3.63, 3.8) is 0 Å². The van der Waals surface area contributed by atoms with E-state index in [1.54, 1.807) is 0 Å². The number of aryl methyl sites for hydroxylation is 3. The van der Waals surface area contributed by atoms with Crippen LogP contribution in [0.1, 0.15) is 17.1 Å². The van der Waals surface area contributed by atoms with Crippen LogP contribution >= 0.6 is 0 Å². The zero-order chi connectivity index (χ0) is 11.0. The molecule has 0 aliphatic carbocycles. The average molecular weight is 201 g/mol. The van der Waals surface area contributed by atoms with Crippen molar-refractivity contribution in [3.05, 3.63) is 41.3 Å². The van der Waals surface area contributed by atoms with Gasteiger partial charge in [-0.2, -0.15) is 0 Å². The molecule has 0 atom stereocenters. The molecule has 2 aromatic rings. The van der Waals surface area contributed by atoms with Crippen LogP contribution in [0.15, 0.2) is 28.7 Å². The molecule has 0 saturated carbocycles. The third kappa shape index (κ3) is 1.75. The number of nitrogens with two attached hydrogens (primary N) is 1. The second-order valence-corrected chi connectivity index (χ2v) is 3.92. The Labute approximate surface area is 89.7 Å². The number of anilines is 1. The van der Waals surface area contributed by atoms with Gasteiger partial charge < -0.3 is 10.2 Å². The largest absolute Gasteiger partial charge is 0.466 e. The average Bonchev–Trinajstić information content (AvgIpc) is 2.50. The van der Waals surface area contributed by atoms with E-state index in [0.717, 1.165) is 28.3 Å². The van der Waals surface area contributed by atoms with Crippen molar-refractivity contribution in [2.45, 2.75) is 20.8 Å². The summed E-state index contributed by atoms with van der Waals surface area (Å²) in [6, 6.07) is 8.07. The van der Waals surface area contributed by atoms with Crippen LogP contribution in [0, 0.1) is 20.8 Å².